The van der Waals surface area contributed by atoms with Crippen LogP contribution in [0.15, 0.2) is 31.0 Å². The summed E-state index contributed by atoms with van der Waals surface area (Å²) in [5.41, 5.74) is 5.01. The molecule has 1 fully saturated rings. The number of cyclic esters (lactones) is 1. The van der Waals surface area contributed by atoms with Crippen LogP contribution in [0.25, 0.3) is 5.65 Å². The number of hydrogen-bond acceptors (Lipinski definition) is 8. The maximum absolute atomic E-state index is 11.7. The molecule has 1 atom stereocenters. The number of esters is 1. The molecule has 2 aromatic heterocycles. The Morgan fingerprint density at radius 3 is 2.97 bits per heavy atom. The van der Waals surface area contributed by atoms with Gasteiger partial charge < -0.3 is 20.1 Å². The average Bonchev–Trinajstić information content (AvgIpc) is 3.38. The van der Waals surface area contributed by atoms with E-state index in [9.17, 15) is 9.90 Å². The smallest absolute Gasteiger partial charge is 0.338 e. The fraction of sp³-hybridized carbons (Fsp3) is 0.429. The van der Waals surface area contributed by atoms with E-state index in [1.165, 1.54) is 0 Å². The molecule has 9 nitrogen and oxygen atoms in total. The highest BCUT2D eigenvalue weighted by atomic mass is 16.5. The molecule has 2 aliphatic heterocycles. The second-order valence-electron chi connectivity index (χ2n) is 7.99. The van der Waals surface area contributed by atoms with Crippen molar-refractivity contribution in [1.29, 1.82) is 0 Å². The predicted octanol–water partition coefficient (Wildman–Crippen LogP) is 1.71. The molecule has 4 heterocycles. The van der Waals surface area contributed by atoms with Crippen molar-refractivity contribution in [3.8, 4) is 0 Å². The van der Waals surface area contributed by atoms with Crippen LogP contribution < -0.4 is 5.32 Å². The van der Waals surface area contributed by atoms with Crippen molar-refractivity contribution in [2.45, 2.75) is 38.5 Å². The molecule has 156 valence electrons. The number of β-amino-alcohol motifs (C(OH)–C–C–N with tert-alkyl or cyclic N) is 1. The summed E-state index contributed by atoms with van der Waals surface area (Å²) < 4.78 is 6.92. The number of likely N-dealkylation sites (tertiary alicyclic amines) is 1. The third kappa shape index (κ3) is 3.40. The van der Waals surface area contributed by atoms with E-state index in [4.69, 9.17) is 4.74 Å². The zero-order valence-corrected chi connectivity index (χ0v) is 16.8. The van der Waals surface area contributed by atoms with E-state index in [-0.39, 0.29) is 5.97 Å². The Hall–Kier alpha value is -3.04. The average molecular weight is 408 g/mol. The summed E-state index contributed by atoms with van der Waals surface area (Å²) in [4.78, 5) is 18.2. The van der Waals surface area contributed by atoms with Gasteiger partial charge in [-0.05, 0) is 37.0 Å². The lowest BCUT2D eigenvalue weighted by molar-refractivity contribution is 0.0535. The number of hydrogen-bond donors (Lipinski definition) is 2. The highest BCUT2D eigenvalue weighted by molar-refractivity contribution is 5.93. The first-order valence-corrected chi connectivity index (χ1v) is 10.2. The molecule has 0 spiro atoms. The fourth-order valence-corrected chi connectivity index (χ4v) is 4.41. The number of nitrogens with zero attached hydrogens (tertiary/aromatic N) is 5. The van der Waals surface area contributed by atoms with Gasteiger partial charge in [-0.15, -0.1) is 10.2 Å². The molecule has 0 saturated carbocycles. The van der Waals surface area contributed by atoms with E-state index in [0.717, 1.165) is 54.0 Å². The molecule has 1 aromatic carbocycles. The number of carbonyl (C=O) groups is 1. The van der Waals surface area contributed by atoms with Crippen molar-refractivity contribution in [2.75, 3.05) is 25.0 Å². The zero-order valence-electron chi connectivity index (χ0n) is 16.8. The van der Waals surface area contributed by atoms with Gasteiger partial charge in [-0.25, -0.2) is 9.78 Å². The van der Waals surface area contributed by atoms with Crippen molar-refractivity contribution in [3.05, 3.63) is 53.2 Å². The fourth-order valence-electron chi connectivity index (χ4n) is 4.41. The van der Waals surface area contributed by atoms with Crippen molar-refractivity contribution in [3.63, 3.8) is 0 Å². The number of benzene rings is 1. The van der Waals surface area contributed by atoms with Gasteiger partial charge in [0.1, 0.15) is 19.3 Å². The summed E-state index contributed by atoms with van der Waals surface area (Å²) in [6.45, 7) is 4.61. The standard InChI is InChI=1S/C21H24N6O3/c1-13-15(2-3-16-17(13)10-30-21(16)29)19(28)9-26-6-4-14(5-7-26)24-18-8-22-11-27-12-23-25-20(18)27/h2-3,8,11-12,14,19,24,28H,4-7,9-10H2,1H3. The van der Waals surface area contributed by atoms with E-state index in [1.807, 2.05) is 13.0 Å². The molecule has 2 aliphatic rings. The molecule has 5 rings (SSSR count). The van der Waals surface area contributed by atoms with Gasteiger partial charge in [-0.2, -0.15) is 0 Å². The molecule has 0 radical (unpaired) electrons. The number of carbonyl (C=O) groups excluding carboxylic acids is 1. The SMILES string of the molecule is Cc1c(C(O)CN2CCC(Nc3cncn4cnnc34)CC2)ccc2c1COC2=O. The molecule has 1 unspecified atom stereocenters. The Morgan fingerprint density at radius 2 is 2.13 bits per heavy atom. The van der Waals surface area contributed by atoms with E-state index in [2.05, 4.69) is 25.4 Å². The van der Waals surface area contributed by atoms with E-state index >= 15 is 0 Å². The molecule has 0 bridgehead atoms. The molecule has 0 amide bonds. The van der Waals surface area contributed by atoms with Crippen LogP contribution in [0.4, 0.5) is 5.69 Å². The Labute approximate surface area is 173 Å². The number of piperidine rings is 1. The van der Waals surface area contributed by atoms with Crippen LogP contribution in [0, 0.1) is 6.92 Å². The van der Waals surface area contributed by atoms with Gasteiger partial charge in [0.25, 0.3) is 0 Å². The number of aromatic nitrogens is 4. The first-order valence-electron chi connectivity index (χ1n) is 10.2. The van der Waals surface area contributed by atoms with Gasteiger partial charge in [-0.3, -0.25) is 4.40 Å². The maximum Gasteiger partial charge on any atom is 0.338 e. The van der Waals surface area contributed by atoms with Crippen LogP contribution in [0.1, 0.15) is 46.0 Å². The summed E-state index contributed by atoms with van der Waals surface area (Å²) in [6, 6.07) is 3.95. The minimum atomic E-state index is -0.593. The van der Waals surface area contributed by atoms with Crippen molar-refractivity contribution in [2.24, 2.45) is 0 Å². The maximum atomic E-state index is 11.7. The summed E-state index contributed by atoms with van der Waals surface area (Å²) in [5.74, 6) is -0.277. The van der Waals surface area contributed by atoms with E-state index in [1.54, 1.807) is 29.3 Å². The van der Waals surface area contributed by atoms with Gasteiger partial charge >= 0.3 is 5.97 Å². The molecular formula is C21H24N6O3. The Balaban J connectivity index is 1.19. The first-order chi connectivity index (χ1) is 14.6. The van der Waals surface area contributed by atoms with Crippen LogP contribution in [-0.4, -0.2) is 61.2 Å². The largest absolute Gasteiger partial charge is 0.457 e. The van der Waals surface area contributed by atoms with Crippen LogP contribution in [0.2, 0.25) is 0 Å². The Kier molecular flexibility index (Phi) is 4.84. The minimum Gasteiger partial charge on any atom is -0.457 e. The number of fused-ring (bicyclic) bond motifs is 2. The van der Waals surface area contributed by atoms with Gasteiger partial charge in [-0.1, -0.05) is 6.07 Å². The van der Waals surface area contributed by atoms with Gasteiger partial charge in [0.15, 0.2) is 5.65 Å². The number of aliphatic hydroxyl groups excluding tert-OH is 1. The second-order valence-corrected chi connectivity index (χ2v) is 7.99. The van der Waals surface area contributed by atoms with Gasteiger partial charge in [0, 0.05) is 31.2 Å². The summed E-state index contributed by atoms with van der Waals surface area (Å²) in [6.07, 6.45) is 6.45. The van der Waals surface area contributed by atoms with Crippen molar-refractivity contribution >= 4 is 17.3 Å². The Morgan fingerprint density at radius 1 is 1.30 bits per heavy atom. The summed E-state index contributed by atoms with van der Waals surface area (Å²) in [5, 5.41) is 22.5. The normalized spacial score (nSPS) is 18.4. The van der Waals surface area contributed by atoms with Crippen molar-refractivity contribution in [1.82, 2.24) is 24.5 Å². The lowest BCUT2D eigenvalue weighted by atomic mass is 9.94. The lowest BCUT2D eigenvalue weighted by Crippen LogP contribution is -2.41. The van der Waals surface area contributed by atoms with Gasteiger partial charge in [0.2, 0.25) is 0 Å². The Bertz CT molecular complexity index is 1090. The third-order valence-electron chi connectivity index (χ3n) is 6.15. The molecule has 1 saturated heterocycles. The van der Waals surface area contributed by atoms with E-state index in [0.29, 0.717) is 24.8 Å². The topological polar surface area (TPSA) is 105 Å². The molecule has 9 heteroatoms. The number of nitrogens with one attached hydrogen (secondary N) is 1. The summed E-state index contributed by atoms with van der Waals surface area (Å²) >= 11 is 0. The third-order valence-corrected chi connectivity index (χ3v) is 6.15. The van der Waals surface area contributed by atoms with Gasteiger partial charge in [0.05, 0.1) is 23.6 Å². The zero-order chi connectivity index (χ0) is 20.7. The number of ether oxygens (including phenoxy) is 1. The van der Waals surface area contributed by atoms with Crippen molar-refractivity contribution < 1.29 is 14.6 Å². The van der Waals surface area contributed by atoms with Crippen LogP contribution in [0.3, 0.4) is 0 Å². The molecule has 2 N–H and O–H groups in total. The molecule has 0 aliphatic carbocycles. The minimum absolute atomic E-state index is 0.277. The highest BCUT2D eigenvalue weighted by Gasteiger charge is 2.27. The van der Waals surface area contributed by atoms with Crippen LogP contribution in [0.5, 0.6) is 0 Å². The molecular weight excluding hydrogens is 384 g/mol. The van der Waals surface area contributed by atoms with Crippen LogP contribution >= 0.6 is 0 Å². The number of aliphatic hydroxyl groups is 1. The van der Waals surface area contributed by atoms with E-state index < -0.39 is 6.10 Å². The number of rotatable bonds is 5. The summed E-state index contributed by atoms with van der Waals surface area (Å²) in [7, 11) is 0. The second kappa shape index (κ2) is 7.66. The number of anilines is 1. The predicted molar refractivity (Wildman–Crippen MR) is 109 cm³/mol. The lowest BCUT2D eigenvalue weighted by Gasteiger charge is -2.34. The quantitative estimate of drug-likeness (QED) is 0.615. The first kappa shape index (κ1) is 19.0. The highest BCUT2D eigenvalue weighted by Crippen LogP contribution is 2.30. The molecule has 30 heavy (non-hydrogen) atoms. The monoisotopic (exact) mass is 408 g/mol. The molecule has 3 aromatic rings. The van der Waals surface area contributed by atoms with Crippen LogP contribution in [-0.2, 0) is 11.3 Å².